The van der Waals surface area contributed by atoms with E-state index >= 15 is 0 Å². The number of phosphoric acid groups is 1. The Morgan fingerprint density at radius 2 is 2.24 bits per heavy atom. The van der Waals surface area contributed by atoms with Gasteiger partial charge in [-0.25, -0.2) is 4.57 Å². The van der Waals surface area contributed by atoms with Crippen LogP contribution in [0.15, 0.2) is 11.4 Å². The van der Waals surface area contributed by atoms with Gasteiger partial charge in [0.05, 0.1) is 18.5 Å². The summed E-state index contributed by atoms with van der Waals surface area (Å²) in [7, 11) is -4.62. The molecule has 1 rings (SSSR count). The van der Waals surface area contributed by atoms with Gasteiger partial charge in [0.25, 0.3) is 0 Å². The molecule has 0 atom stereocenters. The van der Waals surface area contributed by atoms with Crippen molar-refractivity contribution in [3.8, 4) is 5.75 Å². The van der Waals surface area contributed by atoms with Crippen LogP contribution in [0.25, 0.3) is 0 Å². The summed E-state index contributed by atoms with van der Waals surface area (Å²) in [6.45, 7) is 1.95. The van der Waals surface area contributed by atoms with Gasteiger partial charge in [-0.05, 0) is 19.9 Å². The molecule has 0 saturated heterocycles. The zero-order valence-corrected chi connectivity index (χ0v) is 12.4. The van der Waals surface area contributed by atoms with Crippen LogP contribution in [0.5, 0.6) is 5.75 Å². The van der Waals surface area contributed by atoms with Gasteiger partial charge in [-0.15, -0.1) is 0 Å². The highest BCUT2D eigenvalue weighted by Gasteiger charge is 2.17. The fraction of sp³-hybridized carbons (Fsp3) is 0.455. The molecular weight excluding hydrogens is 301 g/mol. The molecule has 118 valence electrons. The van der Waals surface area contributed by atoms with Gasteiger partial charge in [-0.1, -0.05) is 5.16 Å². The third-order valence-corrected chi connectivity index (χ3v) is 2.91. The van der Waals surface area contributed by atoms with E-state index in [0.717, 1.165) is 0 Å². The van der Waals surface area contributed by atoms with E-state index in [2.05, 4.69) is 14.7 Å². The highest BCUT2D eigenvalue weighted by molar-refractivity contribution is 7.46. The lowest BCUT2D eigenvalue weighted by Gasteiger charge is -2.10. The van der Waals surface area contributed by atoms with Gasteiger partial charge in [0, 0.05) is 17.3 Å². The molecule has 0 aliphatic carbocycles. The molecule has 0 amide bonds. The van der Waals surface area contributed by atoms with Gasteiger partial charge in [0.15, 0.2) is 0 Å². The minimum Gasteiger partial charge on any atom is -0.505 e. The molecule has 0 aliphatic rings. The monoisotopic (exact) mass is 319 g/mol. The van der Waals surface area contributed by atoms with Crippen molar-refractivity contribution >= 4 is 14.0 Å². The second-order valence-electron chi connectivity index (χ2n) is 4.11. The number of hydrogen-bond donors (Lipinski definition) is 4. The van der Waals surface area contributed by atoms with E-state index < -0.39 is 14.4 Å². The number of phosphoric ester groups is 1. The Bertz CT molecular complexity index is 545. The van der Waals surface area contributed by atoms with Crippen molar-refractivity contribution in [2.45, 2.75) is 20.0 Å². The van der Waals surface area contributed by atoms with Crippen LogP contribution in [0.4, 0.5) is 0 Å². The normalized spacial score (nSPS) is 12.0. The van der Waals surface area contributed by atoms with E-state index in [4.69, 9.17) is 20.4 Å². The maximum atomic E-state index is 10.7. The lowest BCUT2D eigenvalue weighted by Crippen LogP contribution is -2.03. The van der Waals surface area contributed by atoms with Gasteiger partial charge >= 0.3 is 7.82 Å². The van der Waals surface area contributed by atoms with Crippen molar-refractivity contribution in [1.82, 2.24) is 4.98 Å². The summed E-state index contributed by atoms with van der Waals surface area (Å²) in [5, 5.41) is 13.6. The van der Waals surface area contributed by atoms with Gasteiger partial charge in [-0.2, -0.15) is 0 Å². The highest BCUT2D eigenvalue weighted by Crippen LogP contribution is 2.37. The number of oxime groups is 1. The molecule has 0 radical (unpaired) electrons. The van der Waals surface area contributed by atoms with Gasteiger partial charge < -0.3 is 25.5 Å². The number of aromatic hydroxyl groups is 1. The summed E-state index contributed by atoms with van der Waals surface area (Å²) in [5.74, 6) is -0.159. The molecule has 0 spiro atoms. The first-order valence-corrected chi connectivity index (χ1v) is 7.61. The topological polar surface area (TPSA) is 147 Å². The largest absolute Gasteiger partial charge is 0.505 e. The van der Waals surface area contributed by atoms with Crippen molar-refractivity contribution in [2.24, 2.45) is 10.9 Å². The molecule has 1 heterocycles. The first kappa shape index (κ1) is 17.5. The van der Waals surface area contributed by atoms with Crippen LogP contribution in [0.3, 0.4) is 0 Å². The Kier molecular flexibility index (Phi) is 6.73. The predicted octanol–water partition coefficient (Wildman–Crippen LogP) is 0.404. The summed E-state index contributed by atoms with van der Waals surface area (Å²) < 4.78 is 15.1. The number of pyridine rings is 1. The molecular formula is C11H18N3O6P. The van der Waals surface area contributed by atoms with Crippen molar-refractivity contribution in [3.05, 3.63) is 23.0 Å². The van der Waals surface area contributed by atoms with E-state index in [9.17, 15) is 9.67 Å². The zero-order chi connectivity index (χ0) is 15.9. The third kappa shape index (κ3) is 6.19. The molecule has 1 aromatic rings. The van der Waals surface area contributed by atoms with Crippen LogP contribution in [0.1, 0.15) is 23.2 Å². The Morgan fingerprint density at radius 1 is 1.52 bits per heavy atom. The molecule has 10 heteroatoms. The first-order chi connectivity index (χ1) is 9.85. The smallest absolute Gasteiger partial charge is 0.469 e. The molecule has 0 saturated carbocycles. The zero-order valence-electron chi connectivity index (χ0n) is 11.5. The lowest BCUT2D eigenvalue weighted by atomic mass is 10.1. The van der Waals surface area contributed by atoms with Gasteiger partial charge in [-0.3, -0.25) is 9.51 Å². The Hall–Kier alpha value is -1.51. The molecule has 0 unspecified atom stereocenters. The molecule has 21 heavy (non-hydrogen) atoms. The minimum absolute atomic E-state index is 0.159. The van der Waals surface area contributed by atoms with Crippen LogP contribution >= 0.6 is 7.82 Å². The lowest BCUT2D eigenvalue weighted by molar-refractivity contribution is 0.145. The van der Waals surface area contributed by atoms with E-state index in [0.29, 0.717) is 25.3 Å². The van der Waals surface area contributed by atoms with Crippen molar-refractivity contribution in [3.63, 3.8) is 0 Å². The SMILES string of the molecule is Cc1ncc(COP(=O)(O)O)c(/C=N/OCCCN)c1O. The average molecular weight is 319 g/mol. The third-order valence-electron chi connectivity index (χ3n) is 2.44. The van der Waals surface area contributed by atoms with Crippen LogP contribution in [0.2, 0.25) is 0 Å². The molecule has 0 aliphatic heterocycles. The van der Waals surface area contributed by atoms with Crippen molar-refractivity contribution in [1.29, 1.82) is 0 Å². The second kappa shape index (κ2) is 8.06. The minimum atomic E-state index is -4.62. The fourth-order valence-electron chi connectivity index (χ4n) is 1.36. The Labute approximate surface area is 121 Å². The second-order valence-corrected chi connectivity index (χ2v) is 5.34. The number of nitrogens with two attached hydrogens (primary N) is 1. The summed E-state index contributed by atoms with van der Waals surface area (Å²) in [6.07, 6.45) is 3.21. The first-order valence-electron chi connectivity index (χ1n) is 6.08. The number of rotatable bonds is 8. The molecule has 0 aromatic carbocycles. The van der Waals surface area contributed by atoms with Crippen molar-refractivity contribution < 1.29 is 28.8 Å². The van der Waals surface area contributed by atoms with Gasteiger partial charge in [0.2, 0.25) is 0 Å². The highest BCUT2D eigenvalue weighted by atomic mass is 31.2. The quantitative estimate of drug-likeness (QED) is 0.233. The van der Waals surface area contributed by atoms with Crippen molar-refractivity contribution in [2.75, 3.05) is 13.2 Å². The summed E-state index contributed by atoms with van der Waals surface area (Å²) in [6, 6.07) is 0. The molecule has 1 aromatic heterocycles. The van der Waals surface area contributed by atoms with E-state index in [1.807, 2.05) is 0 Å². The predicted molar refractivity (Wildman–Crippen MR) is 74.7 cm³/mol. The van der Waals surface area contributed by atoms with E-state index in [1.54, 1.807) is 6.92 Å². The van der Waals surface area contributed by atoms with Gasteiger partial charge in [0.1, 0.15) is 12.4 Å². The maximum absolute atomic E-state index is 10.7. The number of aryl methyl sites for hydroxylation is 1. The van der Waals surface area contributed by atoms with Crippen LogP contribution in [0, 0.1) is 6.92 Å². The van der Waals surface area contributed by atoms with Crippen LogP contribution < -0.4 is 5.73 Å². The standard InChI is InChI=1S/C11H18N3O6P/c1-8-11(15)10(6-14-19-4-2-3-12)9(5-13-8)7-20-21(16,17)18/h5-6,15H,2-4,7,12H2,1H3,(H2,16,17,18)/b14-6+. The summed E-state index contributed by atoms with van der Waals surface area (Å²) in [5.41, 5.74) is 6.14. The number of aromatic nitrogens is 1. The maximum Gasteiger partial charge on any atom is 0.469 e. The Balaban J connectivity index is 2.87. The van der Waals surface area contributed by atoms with E-state index in [1.165, 1.54) is 12.4 Å². The Morgan fingerprint density at radius 3 is 2.86 bits per heavy atom. The summed E-state index contributed by atoms with van der Waals surface area (Å²) >= 11 is 0. The fourth-order valence-corrected chi connectivity index (χ4v) is 1.66. The average Bonchev–Trinajstić information content (AvgIpc) is 2.41. The molecule has 0 fully saturated rings. The number of nitrogens with zero attached hydrogens (tertiary/aromatic N) is 2. The summed E-state index contributed by atoms with van der Waals surface area (Å²) in [4.78, 5) is 26.2. The molecule has 9 nitrogen and oxygen atoms in total. The van der Waals surface area contributed by atoms with E-state index in [-0.39, 0.29) is 16.9 Å². The molecule has 0 bridgehead atoms. The van der Waals surface area contributed by atoms with Crippen LogP contribution in [-0.2, 0) is 20.5 Å². The molecule has 5 N–H and O–H groups in total. The van der Waals surface area contributed by atoms with Crippen LogP contribution in [-0.4, -0.2) is 39.2 Å². The number of hydrogen-bond acceptors (Lipinski definition) is 7.